The zero-order valence-electron chi connectivity index (χ0n) is 8.46. The molecule has 0 spiro atoms. The number of hydrogen-bond acceptors (Lipinski definition) is 3. The van der Waals surface area contributed by atoms with Crippen LogP contribution in [0.2, 0.25) is 0 Å². The molecule has 0 aliphatic carbocycles. The van der Waals surface area contributed by atoms with Crippen molar-refractivity contribution in [2.24, 2.45) is 0 Å². The number of benzene rings is 1. The summed E-state index contributed by atoms with van der Waals surface area (Å²) in [7, 11) is 0. The van der Waals surface area contributed by atoms with Gasteiger partial charge in [0.05, 0.1) is 6.26 Å². The first-order chi connectivity index (χ1) is 7.84. The molecular weight excluding hydrogens is 204 g/mol. The van der Waals surface area contributed by atoms with Gasteiger partial charge in [-0.25, -0.2) is 0 Å². The zero-order valence-corrected chi connectivity index (χ0v) is 8.46. The van der Waals surface area contributed by atoms with Crippen LogP contribution < -0.4 is 0 Å². The predicted octanol–water partition coefficient (Wildman–Crippen LogP) is 3.11. The van der Waals surface area contributed by atoms with E-state index in [2.05, 4.69) is 0 Å². The Kier molecular flexibility index (Phi) is 2.04. The van der Waals surface area contributed by atoms with Gasteiger partial charge < -0.3 is 13.9 Å². The van der Waals surface area contributed by atoms with Crippen LogP contribution in [0.5, 0.6) is 0 Å². The highest BCUT2D eigenvalue weighted by atomic mass is 16.4. The molecule has 1 aromatic carbocycles. The smallest absolute Gasteiger partial charge is 0.169 e. The highest BCUT2D eigenvalue weighted by Crippen LogP contribution is 2.28. The molecule has 0 aliphatic heterocycles. The van der Waals surface area contributed by atoms with Gasteiger partial charge in [0, 0.05) is 5.39 Å². The van der Waals surface area contributed by atoms with Crippen molar-refractivity contribution in [3.8, 4) is 0 Å². The summed E-state index contributed by atoms with van der Waals surface area (Å²) in [6.07, 6.45) is 0.684. The van der Waals surface area contributed by atoms with Crippen LogP contribution in [0.3, 0.4) is 0 Å². The second-order valence-corrected chi connectivity index (χ2v) is 3.60. The number of furan rings is 2. The lowest BCUT2D eigenvalue weighted by Crippen LogP contribution is -1.95. The Balaban J connectivity index is 2.06. The minimum atomic E-state index is -0.845. The van der Waals surface area contributed by atoms with Crippen LogP contribution in [-0.2, 0) is 0 Å². The van der Waals surface area contributed by atoms with Crippen molar-refractivity contribution in [2.45, 2.75) is 6.10 Å². The molecule has 0 saturated carbocycles. The molecule has 1 unspecified atom stereocenters. The second-order valence-electron chi connectivity index (χ2n) is 3.60. The Labute approximate surface area is 91.9 Å². The molecule has 1 atom stereocenters. The molecule has 2 aromatic heterocycles. The molecule has 0 fully saturated rings. The number of para-hydroxylation sites is 1. The normalized spacial score (nSPS) is 13.1. The Morgan fingerprint density at radius 3 is 2.62 bits per heavy atom. The summed E-state index contributed by atoms with van der Waals surface area (Å²) in [6.45, 7) is 0. The summed E-state index contributed by atoms with van der Waals surface area (Å²) < 4.78 is 10.7. The van der Waals surface area contributed by atoms with Crippen LogP contribution in [0, 0.1) is 0 Å². The first kappa shape index (κ1) is 9.24. The Hall–Kier alpha value is -2.00. The first-order valence-corrected chi connectivity index (χ1v) is 5.04. The monoisotopic (exact) mass is 214 g/mol. The molecule has 80 valence electrons. The van der Waals surface area contributed by atoms with Crippen molar-refractivity contribution in [1.82, 2.24) is 0 Å². The van der Waals surface area contributed by atoms with Crippen molar-refractivity contribution in [3.05, 3.63) is 60.2 Å². The van der Waals surface area contributed by atoms with Crippen molar-refractivity contribution in [3.63, 3.8) is 0 Å². The van der Waals surface area contributed by atoms with Gasteiger partial charge in [-0.15, -0.1) is 0 Å². The standard InChI is InChI=1S/C13H10O3/c14-13(11-6-3-7-15-11)12-8-9-4-1-2-5-10(9)16-12/h1-8,13-14H. The van der Waals surface area contributed by atoms with Gasteiger partial charge in [-0.1, -0.05) is 18.2 Å². The minimum absolute atomic E-state index is 0.485. The van der Waals surface area contributed by atoms with Crippen molar-refractivity contribution >= 4 is 11.0 Å². The summed E-state index contributed by atoms with van der Waals surface area (Å²) >= 11 is 0. The number of hydrogen-bond donors (Lipinski definition) is 1. The molecule has 3 heteroatoms. The SMILES string of the molecule is OC(c1ccco1)c1cc2ccccc2o1. The minimum Gasteiger partial charge on any atom is -0.466 e. The summed E-state index contributed by atoms with van der Waals surface area (Å²) in [6, 6.07) is 12.9. The number of aliphatic hydroxyl groups excluding tert-OH is 1. The average Bonchev–Trinajstić information content (AvgIpc) is 2.97. The number of aliphatic hydroxyl groups is 1. The highest BCUT2D eigenvalue weighted by Gasteiger charge is 2.17. The summed E-state index contributed by atoms with van der Waals surface area (Å²) in [4.78, 5) is 0. The molecule has 2 heterocycles. The van der Waals surface area contributed by atoms with Crippen LogP contribution in [0.4, 0.5) is 0 Å². The van der Waals surface area contributed by atoms with Crippen molar-refractivity contribution in [1.29, 1.82) is 0 Å². The molecule has 3 aromatic rings. The van der Waals surface area contributed by atoms with E-state index in [0.717, 1.165) is 11.0 Å². The summed E-state index contributed by atoms with van der Waals surface area (Å²) in [5, 5.41) is 11.0. The fourth-order valence-corrected chi connectivity index (χ4v) is 1.72. The fraction of sp³-hybridized carbons (Fsp3) is 0.0769. The van der Waals surface area contributed by atoms with Crippen LogP contribution in [0.25, 0.3) is 11.0 Å². The van der Waals surface area contributed by atoms with E-state index in [9.17, 15) is 5.11 Å². The summed E-state index contributed by atoms with van der Waals surface area (Å²) in [5.74, 6) is 0.982. The van der Waals surface area contributed by atoms with Crippen LogP contribution in [-0.4, -0.2) is 5.11 Å². The lowest BCUT2D eigenvalue weighted by Gasteiger charge is -2.02. The number of fused-ring (bicyclic) bond motifs is 1. The van der Waals surface area contributed by atoms with Gasteiger partial charge in [-0.2, -0.15) is 0 Å². The molecule has 0 radical (unpaired) electrons. The summed E-state index contributed by atoms with van der Waals surface area (Å²) in [5.41, 5.74) is 0.767. The molecule has 3 nitrogen and oxygen atoms in total. The van der Waals surface area contributed by atoms with Gasteiger partial charge in [0.1, 0.15) is 17.1 Å². The van der Waals surface area contributed by atoms with E-state index in [4.69, 9.17) is 8.83 Å². The van der Waals surface area contributed by atoms with Crippen molar-refractivity contribution in [2.75, 3.05) is 0 Å². The second kappa shape index (κ2) is 3.54. The Morgan fingerprint density at radius 2 is 1.88 bits per heavy atom. The number of rotatable bonds is 2. The van der Waals surface area contributed by atoms with Gasteiger partial charge in [0.25, 0.3) is 0 Å². The zero-order chi connectivity index (χ0) is 11.0. The van der Waals surface area contributed by atoms with Crippen molar-refractivity contribution < 1.29 is 13.9 Å². The van der Waals surface area contributed by atoms with Gasteiger partial charge >= 0.3 is 0 Å². The molecule has 0 saturated heterocycles. The topological polar surface area (TPSA) is 46.5 Å². The van der Waals surface area contributed by atoms with E-state index < -0.39 is 6.10 Å². The maximum atomic E-state index is 9.99. The molecule has 0 bridgehead atoms. The van der Waals surface area contributed by atoms with Gasteiger partial charge in [-0.05, 0) is 24.3 Å². The Bertz CT molecular complexity index is 559. The maximum Gasteiger partial charge on any atom is 0.169 e. The average molecular weight is 214 g/mol. The van der Waals surface area contributed by atoms with Gasteiger partial charge in [0.15, 0.2) is 6.10 Å². The molecule has 3 rings (SSSR count). The molecule has 1 N–H and O–H groups in total. The van der Waals surface area contributed by atoms with Gasteiger partial charge in [0.2, 0.25) is 0 Å². The molecule has 0 amide bonds. The first-order valence-electron chi connectivity index (χ1n) is 5.04. The third-order valence-electron chi connectivity index (χ3n) is 2.53. The van der Waals surface area contributed by atoms with E-state index in [-0.39, 0.29) is 0 Å². The third kappa shape index (κ3) is 1.42. The quantitative estimate of drug-likeness (QED) is 0.712. The highest BCUT2D eigenvalue weighted by molar-refractivity contribution is 5.77. The van der Waals surface area contributed by atoms with E-state index in [0.29, 0.717) is 11.5 Å². The van der Waals surface area contributed by atoms with Crippen LogP contribution >= 0.6 is 0 Å². The van der Waals surface area contributed by atoms with Gasteiger partial charge in [-0.3, -0.25) is 0 Å². The molecule has 0 aliphatic rings. The predicted molar refractivity (Wildman–Crippen MR) is 59.0 cm³/mol. The Morgan fingerprint density at radius 1 is 1.00 bits per heavy atom. The molecular formula is C13H10O3. The molecule has 16 heavy (non-hydrogen) atoms. The lowest BCUT2D eigenvalue weighted by atomic mass is 10.2. The largest absolute Gasteiger partial charge is 0.466 e. The van der Waals surface area contributed by atoms with Crippen LogP contribution in [0.15, 0.2) is 57.6 Å². The van der Waals surface area contributed by atoms with E-state index in [1.54, 1.807) is 12.1 Å². The fourth-order valence-electron chi connectivity index (χ4n) is 1.72. The lowest BCUT2D eigenvalue weighted by molar-refractivity contribution is 0.165. The van der Waals surface area contributed by atoms with E-state index in [1.165, 1.54) is 6.26 Å². The van der Waals surface area contributed by atoms with E-state index >= 15 is 0 Å². The maximum absolute atomic E-state index is 9.99. The van der Waals surface area contributed by atoms with Crippen LogP contribution in [0.1, 0.15) is 17.6 Å². The van der Waals surface area contributed by atoms with E-state index in [1.807, 2.05) is 30.3 Å². The third-order valence-corrected chi connectivity index (χ3v) is 2.53.